The van der Waals surface area contributed by atoms with E-state index in [2.05, 4.69) is 37.3 Å². The largest absolute Gasteiger partial charge is 0.372 e. The molecule has 0 spiro atoms. The minimum absolute atomic E-state index is 0.0198. The zero-order valence-electron chi connectivity index (χ0n) is 10.8. The Hall–Kier alpha value is -1.86. The Morgan fingerprint density at radius 1 is 0.944 bits per heavy atom. The first kappa shape index (κ1) is 12.6. The Morgan fingerprint density at radius 3 is 2.06 bits per heavy atom. The number of benzene rings is 2. The molecular weight excluding hydrogens is 220 g/mol. The lowest BCUT2D eigenvalue weighted by Gasteiger charge is -2.16. The molecule has 0 N–H and O–H groups in total. The van der Waals surface area contributed by atoms with Gasteiger partial charge in [0, 0.05) is 7.11 Å². The summed E-state index contributed by atoms with van der Waals surface area (Å²) in [5, 5.41) is 0. The quantitative estimate of drug-likeness (QED) is 0.763. The molecule has 0 amide bonds. The summed E-state index contributed by atoms with van der Waals surface area (Å²) in [4.78, 5) is 0. The molecule has 92 valence electrons. The van der Waals surface area contributed by atoms with Crippen molar-refractivity contribution < 1.29 is 4.74 Å². The second-order valence-corrected chi connectivity index (χ2v) is 4.33. The molecule has 0 saturated heterocycles. The molecule has 2 aromatic carbocycles. The smallest absolute Gasteiger partial charge is 0.103 e. The third-order valence-electron chi connectivity index (χ3n) is 2.95. The lowest BCUT2D eigenvalue weighted by molar-refractivity contribution is 0.134. The van der Waals surface area contributed by atoms with Crippen LogP contribution < -0.4 is 0 Å². The van der Waals surface area contributed by atoms with Gasteiger partial charge in [-0.05, 0) is 23.6 Å². The molecule has 0 fully saturated rings. The van der Waals surface area contributed by atoms with Crippen LogP contribution in [0.3, 0.4) is 0 Å². The van der Waals surface area contributed by atoms with Gasteiger partial charge in [-0.25, -0.2) is 0 Å². The molecule has 1 unspecified atom stereocenters. The van der Waals surface area contributed by atoms with E-state index in [4.69, 9.17) is 4.74 Å². The van der Waals surface area contributed by atoms with Crippen molar-refractivity contribution in [3.63, 3.8) is 0 Å². The molecule has 0 saturated carbocycles. The van der Waals surface area contributed by atoms with Crippen LogP contribution in [0, 0.1) is 0 Å². The monoisotopic (exact) mass is 238 g/mol. The number of hydrogen-bond donors (Lipinski definition) is 0. The third-order valence-corrected chi connectivity index (χ3v) is 2.95. The average Bonchev–Trinajstić information content (AvgIpc) is 2.42. The van der Waals surface area contributed by atoms with Crippen molar-refractivity contribution in [2.75, 3.05) is 7.11 Å². The maximum Gasteiger partial charge on any atom is 0.103 e. The lowest BCUT2D eigenvalue weighted by atomic mass is 10.0. The van der Waals surface area contributed by atoms with Crippen molar-refractivity contribution in [3.05, 3.63) is 77.4 Å². The zero-order chi connectivity index (χ0) is 12.8. The first-order valence-corrected chi connectivity index (χ1v) is 6.12. The highest BCUT2D eigenvalue weighted by molar-refractivity contribution is 5.54. The summed E-state index contributed by atoms with van der Waals surface area (Å²) < 4.78 is 5.60. The van der Waals surface area contributed by atoms with Crippen molar-refractivity contribution in [3.8, 4) is 0 Å². The van der Waals surface area contributed by atoms with Crippen LogP contribution in [-0.4, -0.2) is 7.11 Å². The fourth-order valence-corrected chi connectivity index (χ4v) is 2.10. The van der Waals surface area contributed by atoms with Crippen LogP contribution in [0.1, 0.15) is 24.2 Å². The van der Waals surface area contributed by atoms with Crippen LogP contribution in [0.25, 0.3) is 6.08 Å². The fourth-order valence-electron chi connectivity index (χ4n) is 2.10. The van der Waals surface area contributed by atoms with Gasteiger partial charge >= 0.3 is 0 Å². The maximum atomic E-state index is 5.60. The summed E-state index contributed by atoms with van der Waals surface area (Å²) >= 11 is 0. The molecule has 18 heavy (non-hydrogen) atoms. The summed E-state index contributed by atoms with van der Waals surface area (Å²) in [7, 11) is 1.75. The molecule has 0 heterocycles. The predicted molar refractivity (Wildman–Crippen MR) is 76.3 cm³/mol. The van der Waals surface area contributed by atoms with E-state index in [9.17, 15) is 0 Å². The Bertz CT molecular complexity index is 500. The summed E-state index contributed by atoms with van der Waals surface area (Å²) in [5.74, 6) is 0. The molecule has 1 atom stereocenters. The van der Waals surface area contributed by atoms with Gasteiger partial charge in [0.25, 0.3) is 0 Å². The number of ether oxygens (including phenoxy) is 1. The van der Waals surface area contributed by atoms with Crippen molar-refractivity contribution >= 4 is 6.08 Å². The normalized spacial score (nSPS) is 13.3. The van der Waals surface area contributed by atoms with Gasteiger partial charge < -0.3 is 4.74 Å². The SMILES string of the molecule is COC(/C(C)=C/c1ccccc1)c1ccccc1. The minimum atomic E-state index is 0.0198. The van der Waals surface area contributed by atoms with Gasteiger partial charge in [-0.3, -0.25) is 0 Å². The summed E-state index contributed by atoms with van der Waals surface area (Å²) in [6.45, 7) is 2.11. The topological polar surface area (TPSA) is 9.23 Å². The van der Waals surface area contributed by atoms with Crippen LogP contribution in [0.2, 0.25) is 0 Å². The van der Waals surface area contributed by atoms with Crippen LogP contribution in [0.15, 0.2) is 66.2 Å². The zero-order valence-corrected chi connectivity index (χ0v) is 10.8. The van der Waals surface area contributed by atoms with Crippen LogP contribution in [-0.2, 0) is 4.74 Å². The molecule has 0 aliphatic rings. The molecule has 0 radical (unpaired) electrons. The van der Waals surface area contributed by atoms with Gasteiger partial charge in [0.15, 0.2) is 0 Å². The van der Waals surface area contributed by atoms with E-state index in [-0.39, 0.29) is 6.10 Å². The minimum Gasteiger partial charge on any atom is -0.372 e. The molecule has 2 aromatic rings. The fraction of sp³-hybridized carbons (Fsp3) is 0.176. The third kappa shape index (κ3) is 3.08. The van der Waals surface area contributed by atoms with Crippen molar-refractivity contribution in [1.82, 2.24) is 0 Å². The summed E-state index contributed by atoms with van der Waals surface area (Å²) in [5.41, 5.74) is 3.59. The van der Waals surface area contributed by atoms with Gasteiger partial charge in [0.1, 0.15) is 6.10 Å². The van der Waals surface area contributed by atoms with E-state index in [0.29, 0.717) is 0 Å². The van der Waals surface area contributed by atoms with E-state index >= 15 is 0 Å². The van der Waals surface area contributed by atoms with E-state index in [1.165, 1.54) is 16.7 Å². The highest BCUT2D eigenvalue weighted by atomic mass is 16.5. The summed E-state index contributed by atoms with van der Waals surface area (Å²) in [6.07, 6.45) is 2.19. The van der Waals surface area contributed by atoms with Crippen molar-refractivity contribution in [2.45, 2.75) is 13.0 Å². The molecule has 1 heteroatoms. The molecule has 0 aliphatic heterocycles. The predicted octanol–water partition coefficient (Wildman–Crippen LogP) is 4.48. The second-order valence-electron chi connectivity index (χ2n) is 4.33. The highest BCUT2D eigenvalue weighted by Gasteiger charge is 2.11. The van der Waals surface area contributed by atoms with E-state index < -0.39 is 0 Å². The Kier molecular flexibility index (Phi) is 4.32. The molecule has 0 aromatic heterocycles. The number of rotatable bonds is 4. The standard InChI is InChI=1S/C17H18O/c1-14(13-15-9-5-3-6-10-15)17(18-2)16-11-7-4-8-12-16/h3-13,17H,1-2H3/b14-13+. The Balaban J connectivity index is 2.26. The molecule has 2 rings (SSSR count). The lowest BCUT2D eigenvalue weighted by Crippen LogP contribution is -2.02. The van der Waals surface area contributed by atoms with Crippen molar-refractivity contribution in [2.24, 2.45) is 0 Å². The van der Waals surface area contributed by atoms with Crippen molar-refractivity contribution in [1.29, 1.82) is 0 Å². The number of hydrogen-bond acceptors (Lipinski definition) is 1. The molecular formula is C17H18O. The molecule has 0 aliphatic carbocycles. The van der Waals surface area contributed by atoms with E-state index in [0.717, 1.165) is 0 Å². The van der Waals surface area contributed by atoms with Gasteiger partial charge in [0.05, 0.1) is 0 Å². The Labute approximate surface area is 109 Å². The van der Waals surface area contributed by atoms with Gasteiger partial charge in [-0.1, -0.05) is 66.7 Å². The second kappa shape index (κ2) is 6.18. The van der Waals surface area contributed by atoms with Gasteiger partial charge in [-0.2, -0.15) is 0 Å². The molecule has 1 nitrogen and oxygen atoms in total. The maximum absolute atomic E-state index is 5.60. The first-order valence-electron chi connectivity index (χ1n) is 6.12. The van der Waals surface area contributed by atoms with E-state index in [1.54, 1.807) is 7.11 Å². The van der Waals surface area contributed by atoms with Crippen LogP contribution >= 0.6 is 0 Å². The van der Waals surface area contributed by atoms with Crippen LogP contribution in [0.4, 0.5) is 0 Å². The van der Waals surface area contributed by atoms with E-state index in [1.807, 2.05) is 36.4 Å². The van der Waals surface area contributed by atoms with Crippen LogP contribution in [0.5, 0.6) is 0 Å². The highest BCUT2D eigenvalue weighted by Crippen LogP contribution is 2.26. The number of methoxy groups -OCH3 is 1. The average molecular weight is 238 g/mol. The summed E-state index contributed by atoms with van der Waals surface area (Å²) in [6, 6.07) is 20.6. The van der Waals surface area contributed by atoms with Gasteiger partial charge in [0.2, 0.25) is 0 Å². The first-order chi connectivity index (χ1) is 8.81. The van der Waals surface area contributed by atoms with Gasteiger partial charge in [-0.15, -0.1) is 0 Å². The molecule has 0 bridgehead atoms. The Morgan fingerprint density at radius 2 is 1.50 bits per heavy atom.